The standard InChI is InChI=1S/C18H16N2O5S2/c1-9-16(27-15(20-9)7-19-18(24)25-2)11-6-14(26-8-11)10-3-4-12(17(22)23)13(21)5-10/h3-6,8,21H,7H2,1-2H3,(H,19,24)(H,22,23). The first-order valence-corrected chi connectivity index (χ1v) is 9.52. The van der Waals surface area contributed by atoms with E-state index in [4.69, 9.17) is 5.11 Å². The van der Waals surface area contributed by atoms with Gasteiger partial charge < -0.3 is 20.3 Å². The molecule has 27 heavy (non-hydrogen) atoms. The Kier molecular flexibility index (Phi) is 5.43. The molecule has 3 N–H and O–H groups in total. The van der Waals surface area contributed by atoms with Gasteiger partial charge >= 0.3 is 12.1 Å². The largest absolute Gasteiger partial charge is 0.507 e. The van der Waals surface area contributed by atoms with Crippen LogP contribution in [0.5, 0.6) is 5.75 Å². The maximum Gasteiger partial charge on any atom is 0.407 e. The molecule has 7 nitrogen and oxygen atoms in total. The molecule has 0 aliphatic carbocycles. The maximum atomic E-state index is 11.2. The van der Waals surface area contributed by atoms with Gasteiger partial charge in [0.1, 0.15) is 16.3 Å². The molecule has 2 heterocycles. The minimum Gasteiger partial charge on any atom is -0.507 e. The number of nitrogens with one attached hydrogen (secondary N) is 1. The third kappa shape index (κ3) is 4.09. The number of benzene rings is 1. The third-order valence-electron chi connectivity index (χ3n) is 3.78. The fourth-order valence-electron chi connectivity index (χ4n) is 2.49. The summed E-state index contributed by atoms with van der Waals surface area (Å²) in [6.45, 7) is 2.19. The number of aromatic nitrogens is 1. The SMILES string of the molecule is COC(=O)NCc1nc(C)c(-c2csc(-c3ccc(C(=O)O)c(O)c3)c2)s1. The normalized spacial score (nSPS) is 10.6. The van der Waals surface area contributed by atoms with Crippen LogP contribution in [-0.2, 0) is 11.3 Å². The minimum atomic E-state index is -1.17. The summed E-state index contributed by atoms with van der Waals surface area (Å²) in [6.07, 6.45) is -0.508. The van der Waals surface area contributed by atoms with E-state index < -0.39 is 12.1 Å². The number of thiazole rings is 1. The minimum absolute atomic E-state index is 0.128. The van der Waals surface area contributed by atoms with Gasteiger partial charge in [0.15, 0.2) is 0 Å². The summed E-state index contributed by atoms with van der Waals surface area (Å²) in [5.41, 5.74) is 2.45. The van der Waals surface area contributed by atoms with Crippen molar-refractivity contribution >= 4 is 34.7 Å². The second-order valence-corrected chi connectivity index (χ2v) is 7.60. The van der Waals surface area contributed by atoms with Crippen molar-refractivity contribution in [2.45, 2.75) is 13.5 Å². The van der Waals surface area contributed by atoms with Gasteiger partial charge in [0.2, 0.25) is 0 Å². The molecule has 0 fully saturated rings. The molecule has 140 valence electrons. The van der Waals surface area contributed by atoms with Crippen LogP contribution in [0.3, 0.4) is 0 Å². The molecule has 0 aliphatic rings. The molecular weight excluding hydrogens is 388 g/mol. The van der Waals surface area contributed by atoms with Crippen LogP contribution in [0.25, 0.3) is 20.9 Å². The lowest BCUT2D eigenvalue weighted by Crippen LogP contribution is -2.22. The zero-order valence-corrected chi connectivity index (χ0v) is 16.1. The molecule has 0 bridgehead atoms. The van der Waals surface area contributed by atoms with Crippen molar-refractivity contribution in [3.05, 3.63) is 45.9 Å². The number of phenols is 1. The Morgan fingerprint density at radius 1 is 1.26 bits per heavy atom. The lowest BCUT2D eigenvalue weighted by molar-refractivity contribution is 0.0693. The van der Waals surface area contributed by atoms with E-state index >= 15 is 0 Å². The number of ether oxygens (including phenoxy) is 1. The number of carboxylic acids is 1. The number of carbonyl (C=O) groups excluding carboxylic acids is 1. The molecule has 1 amide bonds. The summed E-state index contributed by atoms with van der Waals surface area (Å²) in [7, 11) is 1.31. The van der Waals surface area contributed by atoms with Gasteiger partial charge in [-0.2, -0.15) is 0 Å². The molecule has 0 unspecified atom stereocenters. The number of carboxylic acid groups (broad SMARTS) is 1. The number of aromatic hydroxyl groups is 1. The summed E-state index contributed by atoms with van der Waals surface area (Å²) in [5.74, 6) is -1.43. The van der Waals surface area contributed by atoms with E-state index in [0.717, 1.165) is 31.6 Å². The molecule has 0 saturated heterocycles. The highest BCUT2D eigenvalue weighted by molar-refractivity contribution is 7.17. The number of thiophene rings is 1. The van der Waals surface area contributed by atoms with Crippen LogP contribution in [-0.4, -0.2) is 34.4 Å². The van der Waals surface area contributed by atoms with Crippen LogP contribution in [0.1, 0.15) is 21.1 Å². The Morgan fingerprint density at radius 2 is 2.04 bits per heavy atom. The fourth-order valence-corrected chi connectivity index (χ4v) is 4.45. The van der Waals surface area contributed by atoms with Gasteiger partial charge in [-0.1, -0.05) is 6.07 Å². The van der Waals surface area contributed by atoms with Gasteiger partial charge in [0.05, 0.1) is 24.2 Å². The van der Waals surface area contributed by atoms with E-state index in [1.165, 1.54) is 41.9 Å². The Hall–Kier alpha value is -2.91. The fraction of sp³-hybridized carbons (Fsp3) is 0.167. The molecule has 9 heteroatoms. The number of hydrogen-bond acceptors (Lipinski definition) is 7. The second kappa shape index (κ2) is 7.77. The lowest BCUT2D eigenvalue weighted by atomic mass is 10.1. The van der Waals surface area contributed by atoms with Gasteiger partial charge in [-0.25, -0.2) is 14.6 Å². The number of hydrogen-bond donors (Lipinski definition) is 3. The van der Waals surface area contributed by atoms with Crippen molar-refractivity contribution in [2.24, 2.45) is 0 Å². The van der Waals surface area contributed by atoms with Crippen molar-refractivity contribution in [1.29, 1.82) is 0 Å². The Balaban J connectivity index is 1.84. The Labute approximate surface area is 162 Å². The predicted molar refractivity (Wildman–Crippen MR) is 103 cm³/mol. The van der Waals surface area contributed by atoms with Crippen molar-refractivity contribution in [1.82, 2.24) is 10.3 Å². The summed E-state index contributed by atoms with van der Waals surface area (Å²) in [4.78, 5) is 28.6. The highest BCUT2D eigenvalue weighted by Crippen LogP contribution is 2.38. The monoisotopic (exact) mass is 404 g/mol. The van der Waals surface area contributed by atoms with Crippen molar-refractivity contribution in [3.63, 3.8) is 0 Å². The van der Waals surface area contributed by atoms with Gasteiger partial charge in [-0.05, 0) is 30.7 Å². The molecular formula is C18H16N2O5S2. The number of nitrogens with zero attached hydrogens (tertiary/aromatic N) is 1. The topological polar surface area (TPSA) is 109 Å². The summed E-state index contributed by atoms with van der Waals surface area (Å²) >= 11 is 2.97. The quantitative estimate of drug-likeness (QED) is 0.591. The van der Waals surface area contributed by atoms with E-state index in [1.54, 1.807) is 6.07 Å². The van der Waals surface area contributed by atoms with Crippen molar-refractivity contribution < 1.29 is 24.5 Å². The lowest BCUT2D eigenvalue weighted by Gasteiger charge is -2.02. The molecule has 1 aromatic carbocycles. The number of methoxy groups -OCH3 is 1. The number of rotatable bonds is 5. The Morgan fingerprint density at radius 3 is 2.70 bits per heavy atom. The molecule has 0 radical (unpaired) electrons. The van der Waals surface area contributed by atoms with Gasteiger partial charge in [0.25, 0.3) is 0 Å². The number of amides is 1. The van der Waals surface area contributed by atoms with Crippen LogP contribution < -0.4 is 5.32 Å². The van der Waals surface area contributed by atoms with Crippen LogP contribution in [0, 0.1) is 6.92 Å². The summed E-state index contributed by atoms with van der Waals surface area (Å²) < 4.78 is 4.55. The Bertz CT molecular complexity index is 1010. The molecule has 2 aromatic heterocycles. The average Bonchev–Trinajstić information content (AvgIpc) is 3.25. The summed E-state index contributed by atoms with van der Waals surface area (Å²) in [6, 6.07) is 6.48. The third-order valence-corrected chi connectivity index (χ3v) is 5.97. The molecule has 0 saturated carbocycles. The second-order valence-electron chi connectivity index (χ2n) is 5.60. The number of aromatic carboxylic acids is 1. The van der Waals surface area contributed by atoms with E-state index in [0.29, 0.717) is 6.54 Å². The highest BCUT2D eigenvalue weighted by Gasteiger charge is 2.15. The first-order chi connectivity index (χ1) is 12.9. The van der Waals surface area contributed by atoms with E-state index in [-0.39, 0.29) is 11.3 Å². The van der Waals surface area contributed by atoms with Crippen LogP contribution in [0.15, 0.2) is 29.6 Å². The average molecular weight is 404 g/mol. The van der Waals surface area contributed by atoms with Crippen molar-refractivity contribution in [2.75, 3.05) is 7.11 Å². The molecule has 3 rings (SSSR count). The first-order valence-electron chi connectivity index (χ1n) is 7.82. The first kappa shape index (κ1) is 18.9. The van der Waals surface area contributed by atoms with Crippen molar-refractivity contribution in [3.8, 4) is 26.6 Å². The van der Waals surface area contributed by atoms with E-state index in [9.17, 15) is 14.7 Å². The van der Waals surface area contributed by atoms with Gasteiger partial charge in [-0.3, -0.25) is 0 Å². The van der Waals surface area contributed by atoms with E-state index in [1.807, 2.05) is 18.4 Å². The number of aryl methyl sites for hydroxylation is 1. The predicted octanol–water partition coefficient (Wildman–Crippen LogP) is 4.11. The van der Waals surface area contributed by atoms with Gasteiger partial charge in [0, 0.05) is 15.8 Å². The van der Waals surface area contributed by atoms with Crippen LogP contribution in [0.4, 0.5) is 4.79 Å². The van der Waals surface area contributed by atoms with Crippen LogP contribution in [0.2, 0.25) is 0 Å². The molecule has 0 atom stereocenters. The number of carbonyl (C=O) groups is 2. The molecule has 0 spiro atoms. The highest BCUT2D eigenvalue weighted by atomic mass is 32.1. The summed E-state index contributed by atoms with van der Waals surface area (Å²) in [5, 5.41) is 24.3. The van der Waals surface area contributed by atoms with E-state index in [2.05, 4.69) is 15.0 Å². The number of alkyl carbamates (subject to hydrolysis) is 1. The molecule has 3 aromatic rings. The zero-order chi connectivity index (χ0) is 19.6. The van der Waals surface area contributed by atoms with Gasteiger partial charge in [-0.15, -0.1) is 22.7 Å². The smallest absolute Gasteiger partial charge is 0.407 e. The maximum absolute atomic E-state index is 11.2. The zero-order valence-electron chi connectivity index (χ0n) is 14.5. The molecule has 0 aliphatic heterocycles. The van der Waals surface area contributed by atoms with Crippen LogP contribution >= 0.6 is 22.7 Å².